The smallest absolute Gasteiger partial charge is 0.222 e. The minimum absolute atomic E-state index is 0.0916. The summed E-state index contributed by atoms with van der Waals surface area (Å²) < 4.78 is 49.0. The van der Waals surface area contributed by atoms with E-state index in [-0.39, 0.29) is 26.8 Å². The fourth-order valence-electron chi connectivity index (χ4n) is 2.12. The number of hydrogen-bond acceptors (Lipinski definition) is 8. The Bertz CT molecular complexity index is 947. The highest BCUT2D eigenvalue weighted by Crippen LogP contribution is 2.42. The fourth-order valence-corrected chi connectivity index (χ4v) is 5.19. The Morgan fingerprint density at radius 3 is 2.63 bits per heavy atom. The van der Waals surface area contributed by atoms with E-state index in [1.165, 1.54) is 6.08 Å². The minimum Gasteiger partial charge on any atom is -0.223 e. The van der Waals surface area contributed by atoms with Crippen LogP contribution in [0.3, 0.4) is 0 Å². The predicted molar refractivity (Wildman–Crippen MR) is 62.3 cm³/mol. The monoisotopic (exact) mass is 297 g/mol. The Morgan fingerprint density at radius 2 is 1.84 bits per heavy atom. The van der Waals surface area contributed by atoms with E-state index in [0.29, 0.717) is 5.55 Å². The van der Waals surface area contributed by atoms with Crippen LogP contribution in [0.4, 0.5) is 5.82 Å². The van der Waals surface area contributed by atoms with Crippen molar-refractivity contribution in [2.75, 3.05) is 0 Å². The standard InChI is InChI=1S/C8H3N5O4S2/c14-18(15)2-1-4-5(18)6-8(9-3-19(6,16)17)13-7(4)10-11-12-13/h1-3H. The van der Waals surface area contributed by atoms with E-state index < -0.39 is 19.7 Å². The lowest BCUT2D eigenvalue weighted by molar-refractivity contribution is 0.594. The molecule has 0 amide bonds. The van der Waals surface area contributed by atoms with Crippen molar-refractivity contribution < 1.29 is 16.8 Å². The van der Waals surface area contributed by atoms with Gasteiger partial charge in [0.25, 0.3) is 0 Å². The van der Waals surface area contributed by atoms with E-state index in [2.05, 4.69) is 20.5 Å². The van der Waals surface area contributed by atoms with Crippen molar-refractivity contribution in [3.63, 3.8) is 0 Å². The zero-order valence-corrected chi connectivity index (χ0v) is 10.6. The molecular weight excluding hydrogens is 294 g/mol. The maximum atomic E-state index is 12.0. The number of tetrazole rings is 1. The molecular formula is C8H3N5O4S2. The van der Waals surface area contributed by atoms with E-state index in [1.54, 1.807) is 0 Å². The molecule has 9 nitrogen and oxygen atoms in total. The van der Waals surface area contributed by atoms with Gasteiger partial charge >= 0.3 is 0 Å². The van der Waals surface area contributed by atoms with E-state index in [4.69, 9.17) is 0 Å². The summed E-state index contributed by atoms with van der Waals surface area (Å²) >= 11 is 0. The third-order valence-corrected chi connectivity index (χ3v) is 5.82. The number of aromatic nitrogens is 4. The molecule has 0 fully saturated rings. The van der Waals surface area contributed by atoms with Crippen LogP contribution in [0.5, 0.6) is 0 Å². The van der Waals surface area contributed by atoms with Crippen LogP contribution >= 0.6 is 0 Å². The topological polar surface area (TPSA) is 124 Å². The molecule has 0 atom stereocenters. The van der Waals surface area contributed by atoms with Gasteiger partial charge in [0.2, 0.25) is 19.7 Å². The highest BCUT2D eigenvalue weighted by molar-refractivity contribution is 8.05. The molecule has 0 spiro atoms. The quantitative estimate of drug-likeness (QED) is 0.631. The third-order valence-electron chi connectivity index (χ3n) is 2.86. The van der Waals surface area contributed by atoms with Gasteiger partial charge in [0.05, 0.1) is 0 Å². The zero-order chi connectivity index (χ0) is 13.4. The molecule has 19 heavy (non-hydrogen) atoms. The highest BCUT2D eigenvalue weighted by Gasteiger charge is 2.39. The number of sulfone groups is 2. The second kappa shape index (κ2) is 2.88. The van der Waals surface area contributed by atoms with Crippen molar-refractivity contribution in [3.8, 4) is 0 Å². The first-order valence-corrected chi connectivity index (χ1v) is 8.01. The maximum Gasteiger partial charge on any atom is 0.222 e. The lowest BCUT2D eigenvalue weighted by Crippen LogP contribution is -2.08. The van der Waals surface area contributed by atoms with Gasteiger partial charge in [0, 0.05) is 11.0 Å². The number of fused-ring (bicyclic) bond motifs is 6. The number of rotatable bonds is 0. The first kappa shape index (κ1) is 10.8. The summed E-state index contributed by atoms with van der Waals surface area (Å²) in [7, 11) is -7.72. The highest BCUT2D eigenvalue weighted by atomic mass is 32.2. The van der Waals surface area contributed by atoms with Gasteiger partial charge in [-0.2, -0.15) is 4.52 Å². The SMILES string of the molecule is O=S1(=O)C=Cc2c1c1c(n3nnnc23)N=CS1(=O)=O. The van der Waals surface area contributed by atoms with E-state index >= 15 is 0 Å². The summed E-state index contributed by atoms with van der Waals surface area (Å²) in [5, 5.41) is 11.7. The largest absolute Gasteiger partial charge is 0.223 e. The molecule has 4 rings (SSSR count). The van der Waals surface area contributed by atoms with Crippen LogP contribution in [0.2, 0.25) is 0 Å². The molecule has 4 heterocycles. The van der Waals surface area contributed by atoms with E-state index in [1.807, 2.05) is 0 Å². The Hall–Kier alpha value is -2.14. The molecule has 0 saturated heterocycles. The molecule has 0 aliphatic carbocycles. The lowest BCUT2D eigenvalue weighted by atomic mass is 10.2. The number of hydrogen-bond donors (Lipinski definition) is 0. The molecule has 96 valence electrons. The van der Waals surface area contributed by atoms with Crippen LogP contribution in [0, 0.1) is 0 Å². The van der Waals surface area contributed by atoms with Gasteiger partial charge < -0.3 is 0 Å². The molecule has 0 unspecified atom stereocenters. The van der Waals surface area contributed by atoms with Crippen molar-refractivity contribution >= 4 is 42.8 Å². The van der Waals surface area contributed by atoms with Crippen molar-refractivity contribution in [2.45, 2.75) is 9.79 Å². The summed E-state index contributed by atoms with van der Waals surface area (Å²) in [6.45, 7) is 0. The summed E-state index contributed by atoms with van der Waals surface area (Å²) in [5.74, 6) is -0.0916. The zero-order valence-electron chi connectivity index (χ0n) is 8.92. The molecule has 2 aromatic rings. The van der Waals surface area contributed by atoms with Crippen LogP contribution in [0.25, 0.3) is 11.7 Å². The molecule has 0 saturated carbocycles. The first-order chi connectivity index (χ1) is 8.92. The molecule has 0 aromatic carbocycles. The summed E-state index contributed by atoms with van der Waals surface area (Å²) in [6, 6.07) is 0. The Labute approximate surface area is 106 Å². The van der Waals surface area contributed by atoms with Crippen molar-refractivity contribution in [2.24, 2.45) is 4.99 Å². The first-order valence-electron chi connectivity index (χ1n) is 4.92. The second-order valence-electron chi connectivity index (χ2n) is 3.94. The average Bonchev–Trinajstić information content (AvgIpc) is 2.96. The molecule has 2 aromatic heterocycles. The van der Waals surface area contributed by atoms with Crippen molar-refractivity contribution in [1.29, 1.82) is 0 Å². The van der Waals surface area contributed by atoms with Crippen molar-refractivity contribution in [1.82, 2.24) is 20.0 Å². The van der Waals surface area contributed by atoms with Crippen LogP contribution in [-0.4, -0.2) is 42.4 Å². The van der Waals surface area contributed by atoms with Gasteiger partial charge in [-0.1, -0.05) is 0 Å². The van der Waals surface area contributed by atoms with Gasteiger partial charge in [0.1, 0.15) is 15.3 Å². The minimum atomic E-state index is -3.90. The Balaban J connectivity index is 2.40. The molecule has 0 bridgehead atoms. The van der Waals surface area contributed by atoms with Gasteiger partial charge in [-0.15, -0.1) is 5.10 Å². The normalized spacial score (nSPS) is 20.8. The average molecular weight is 297 g/mol. The number of nitrogens with zero attached hydrogens (tertiary/aromatic N) is 5. The lowest BCUT2D eigenvalue weighted by Gasteiger charge is -2.06. The van der Waals surface area contributed by atoms with E-state index in [9.17, 15) is 16.8 Å². The second-order valence-corrected chi connectivity index (χ2v) is 7.42. The van der Waals surface area contributed by atoms with Crippen LogP contribution < -0.4 is 0 Å². The molecule has 2 aliphatic heterocycles. The number of pyridine rings is 1. The molecule has 0 N–H and O–H groups in total. The number of aliphatic imine (C=N–C) groups is 1. The fraction of sp³-hybridized carbons (Fsp3) is 0. The summed E-state index contributed by atoms with van der Waals surface area (Å²) in [4.78, 5) is 3.04. The van der Waals surface area contributed by atoms with Gasteiger partial charge in [-0.25, -0.2) is 21.8 Å². The summed E-state index contributed by atoms with van der Waals surface area (Å²) in [5.41, 5.74) is 1.02. The summed E-state index contributed by atoms with van der Waals surface area (Å²) in [6.07, 6.45) is 1.28. The van der Waals surface area contributed by atoms with Crippen LogP contribution in [-0.2, 0) is 19.7 Å². The molecule has 0 radical (unpaired) electrons. The van der Waals surface area contributed by atoms with Gasteiger partial charge in [-0.05, 0) is 16.5 Å². The Kier molecular flexibility index (Phi) is 1.63. The van der Waals surface area contributed by atoms with Gasteiger partial charge in [0.15, 0.2) is 11.5 Å². The van der Waals surface area contributed by atoms with Crippen LogP contribution in [0.1, 0.15) is 5.56 Å². The van der Waals surface area contributed by atoms with Gasteiger partial charge in [-0.3, -0.25) is 0 Å². The predicted octanol–water partition coefficient (Wildman–Crippen LogP) is -0.671. The molecule has 11 heteroatoms. The molecule has 2 aliphatic rings. The maximum absolute atomic E-state index is 12.0. The van der Waals surface area contributed by atoms with Crippen molar-refractivity contribution in [3.05, 3.63) is 11.0 Å². The third kappa shape index (κ3) is 1.13. The van der Waals surface area contributed by atoms with Crippen LogP contribution in [0.15, 0.2) is 20.2 Å². The van der Waals surface area contributed by atoms with E-state index in [0.717, 1.165) is 9.92 Å². The Morgan fingerprint density at radius 1 is 1.05 bits per heavy atom.